The first-order valence-corrected chi connectivity index (χ1v) is 8.69. The maximum atomic E-state index is 12.0. The number of hydrazone groups is 1. The highest BCUT2D eigenvalue weighted by molar-refractivity contribution is 14.1. The second-order valence-corrected chi connectivity index (χ2v) is 6.92. The highest BCUT2D eigenvalue weighted by Gasteiger charge is 2.10. The van der Waals surface area contributed by atoms with E-state index in [9.17, 15) is 14.9 Å². The third-order valence-corrected chi connectivity index (χ3v) is 4.38. The molecule has 0 radical (unpaired) electrons. The monoisotopic (exact) mass is 551 g/mol. The summed E-state index contributed by atoms with van der Waals surface area (Å²) in [5, 5.41) is 14.5. The lowest BCUT2D eigenvalue weighted by molar-refractivity contribution is -0.384. The molecule has 0 fully saturated rings. The van der Waals surface area contributed by atoms with E-state index < -0.39 is 10.8 Å². The minimum absolute atomic E-state index is 0.0757. The summed E-state index contributed by atoms with van der Waals surface area (Å²) in [5.74, 6) is 0.213. The molecule has 0 bridgehead atoms. The molecule has 7 nitrogen and oxygen atoms in total. The summed E-state index contributed by atoms with van der Waals surface area (Å²) in [6.45, 7) is 0. The maximum Gasteiger partial charge on any atom is 0.271 e. The maximum absolute atomic E-state index is 12.0. The van der Waals surface area contributed by atoms with Crippen LogP contribution >= 0.6 is 45.2 Å². The van der Waals surface area contributed by atoms with Gasteiger partial charge in [-0.1, -0.05) is 0 Å². The molecule has 0 aliphatic carbocycles. The Morgan fingerprint density at radius 3 is 2.54 bits per heavy atom. The largest absolute Gasteiger partial charge is 0.495 e. The third-order valence-electron chi connectivity index (χ3n) is 2.95. The molecule has 2 rings (SSSR count). The lowest BCUT2D eigenvalue weighted by Crippen LogP contribution is -2.17. The van der Waals surface area contributed by atoms with Crippen molar-refractivity contribution in [3.8, 4) is 5.75 Å². The molecule has 9 heteroatoms. The van der Waals surface area contributed by atoms with Crippen molar-refractivity contribution in [3.05, 3.63) is 64.8 Å². The molecule has 2 aromatic rings. The average Bonchev–Trinajstić information content (AvgIpc) is 2.54. The van der Waals surface area contributed by atoms with Gasteiger partial charge in [0.2, 0.25) is 0 Å². The van der Waals surface area contributed by atoms with Gasteiger partial charge in [-0.2, -0.15) is 5.10 Å². The molecule has 0 aliphatic rings. The van der Waals surface area contributed by atoms with Crippen molar-refractivity contribution in [1.29, 1.82) is 0 Å². The van der Waals surface area contributed by atoms with E-state index in [-0.39, 0.29) is 11.3 Å². The fourth-order valence-corrected chi connectivity index (χ4v) is 3.96. The third kappa shape index (κ3) is 4.63. The molecule has 124 valence electrons. The van der Waals surface area contributed by atoms with Crippen molar-refractivity contribution >= 4 is 63.0 Å². The molecular weight excluding hydrogens is 540 g/mol. The van der Waals surface area contributed by atoms with E-state index in [0.717, 1.165) is 12.7 Å². The molecule has 0 aromatic heterocycles. The molecule has 2 aromatic carbocycles. The van der Waals surface area contributed by atoms with Gasteiger partial charge in [0.05, 0.1) is 21.8 Å². The molecular formula is C15H11I2N3O4. The number of hydrogen-bond donors (Lipinski definition) is 1. The molecule has 24 heavy (non-hydrogen) atoms. The van der Waals surface area contributed by atoms with Crippen molar-refractivity contribution in [2.45, 2.75) is 0 Å². The Labute approximate surface area is 164 Å². The second-order valence-electron chi connectivity index (χ2n) is 4.51. The summed E-state index contributed by atoms with van der Waals surface area (Å²) in [5.41, 5.74) is 3.32. The predicted molar refractivity (Wildman–Crippen MR) is 107 cm³/mol. The van der Waals surface area contributed by atoms with E-state index in [1.54, 1.807) is 7.11 Å². The molecule has 0 unspecified atom stereocenters. The van der Waals surface area contributed by atoms with Gasteiger partial charge in [-0.15, -0.1) is 0 Å². The summed E-state index contributed by atoms with van der Waals surface area (Å²) < 4.78 is 7.28. The zero-order chi connectivity index (χ0) is 17.7. The number of carbonyl (C=O) groups excluding carboxylic acids is 1. The second kappa shape index (κ2) is 8.37. The predicted octanol–water partition coefficient (Wildman–Crippen LogP) is 3.58. The van der Waals surface area contributed by atoms with Gasteiger partial charge >= 0.3 is 0 Å². The fraction of sp³-hybridized carbons (Fsp3) is 0.0667. The number of halogens is 2. The van der Waals surface area contributed by atoms with Gasteiger partial charge in [0.25, 0.3) is 11.6 Å². The molecule has 0 saturated carbocycles. The van der Waals surface area contributed by atoms with Crippen LogP contribution in [-0.2, 0) is 0 Å². The highest BCUT2D eigenvalue weighted by atomic mass is 127. The molecule has 0 saturated heterocycles. The summed E-state index contributed by atoms with van der Waals surface area (Å²) in [7, 11) is 1.57. The molecule has 0 spiro atoms. The van der Waals surface area contributed by atoms with E-state index in [2.05, 4.69) is 55.7 Å². The number of hydrogen-bond acceptors (Lipinski definition) is 5. The van der Waals surface area contributed by atoms with Crippen molar-refractivity contribution < 1.29 is 14.5 Å². The van der Waals surface area contributed by atoms with E-state index in [0.29, 0.717) is 5.75 Å². The summed E-state index contributed by atoms with van der Waals surface area (Å²) >= 11 is 4.34. The highest BCUT2D eigenvalue weighted by Crippen LogP contribution is 2.26. The van der Waals surface area contributed by atoms with Gasteiger partial charge in [0.15, 0.2) is 0 Å². The van der Waals surface area contributed by atoms with E-state index in [4.69, 9.17) is 4.74 Å². The van der Waals surface area contributed by atoms with Crippen molar-refractivity contribution in [3.63, 3.8) is 0 Å². The van der Waals surface area contributed by atoms with Crippen LogP contribution < -0.4 is 10.2 Å². The van der Waals surface area contributed by atoms with Gasteiger partial charge in [0, 0.05) is 26.8 Å². The van der Waals surface area contributed by atoms with Crippen LogP contribution in [0.25, 0.3) is 0 Å². The van der Waals surface area contributed by atoms with Crippen LogP contribution in [0.15, 0.2) is 41.5 Å². The lowest BCUT2D eigenvalue weighted by atomic mass is 10.2. The van der Waals surface area contributed by atoms with Gasteiger partial charge < -0.3 is 4.74 Å². The van der Waals surface area contributed by atoms with E-state index in [1.165, 1.54) is 30.5 Å². The van der Waals surface area contributed by atoms with Crippen LogP contribution in [0.3, 0.4) is 0 Å². The van der Waals surface area contributed by atoms with E-state index in [1.807, 2.05) is 12.1 Å². The first kappa shape index (κ1) is 18.6. The number of amides is 1. The van der Waals surface area contributed by atoms with Crippen LogP contribution in [-0.4, -0.2) is 24.2 Å². The topological polar surface area (TPSA) is 93.8 Å². The minimum atomic E-state index is -0.523. The van der Waals surface area contributed by atoms with Crippen molar-refractivity contribution in [2.24, 2.45) is 5.10 Å². The normalized spacial score (nSPS) is 10.6. The van der Waals surface area contributed by atoms with Gasteiger partial charge in [-0.05, 0) is 69.4 Å². The van der Waals surface area contributed by atoms with Gasteiger partial charge in [0.1, 0.15) is 5.75 Å². The summed E-state index contributed by atoms with van der Waals surface area (Å²) in [6, 6.07) is 9.12. The van der Waals surface area contributed by atoms with E-state index >= 15 is 0 Å². The number of non-ortho nitro benzene ring substituents is 1. The number of methoxy groups -OCH3 is 1. The zero-order valence-corrected chi connectivity index (χ0v) is 16.6. The van der Waals surface area contributed by atoms with Gasteiger partial charge in [-0.25, -0.2) is 5.43 Å². The molecule has 1 amide bonds. The lowest BCUT2D eigenvalue weighted by Gasteiger charge is -2.07. The van der Waals surface area contributed by atoms with Crippen LogP contribution in [0, 0.1) is 17.3 Å². The minimum Gasteiger partial charge on any atom is -0.495 e. The Kier molecular flexibility index (Phi) is 6.48. The molecule has 0 atom stereocenters. The number of ether oxygens (including phenoxy) is 1. The van der Waals surface area contributed by atoms with Crippen LogP contribution in [0.5, 0.6) is 5.75 Å². The number of carbonyl (C=O) groups is 1. The Morgan fingerprint density at radius 1 is 1.29 bits per heavy atom. The first-order chi connectivity index (χ1) is 11.4. The number of nitro benzene ring substituents is 1. The quantitative estimate of drug-likeness (QED) is 0.266. The van der Waals surface area contributed by atoms with Gasteiger partial charge in [-0.3, -0.25) is 14.9 Å². The Morgan fingerprint density at radius 2 is 1.96 bits per heavy atom. The summed E-state index contributed by atoms with van der Waals surface area (Å²) in [6.07, 6.45) is 1.49. The number of nitrogens with zero attached hydrogens (tertiary/aromatic N) is 2. The molecule has 1 N–H and O–H groups in total. The number of benzene rings is 2. The van der Waals surface area contributed by atoms with Crippen LogP contribution in [0.4, 0.5) is 5.69 Å². The first-order valence-electron chi connectivity index (χ1n) is 6.53. The fourth-order valence-electron chi connectivity index (χ4n) is 1.85. The number of nitro groups is 1. The number of nitrogens with one attached hydrogen (secondary N) is 1. The average molecular weight is 551 g/mol. The SMILES string of the molecule is COc1c(I)cc(I)cc1/C=N\NC(=O)c1ccc([N+](=O)[O-])cc1. The zero-order valence-electron chi connectivity index (χ0n) is 12.3. The number of rotatable bonds is 5. The molecule has 0 heterocycles. The Hall–Kier alpha value is -1.76. The Balaban J connectivity index is 2.11. The van der Waals surface area contributed by atoms with Crippen LogP contribution in [0.2, 0.25) is 0 Å². The summed E-state index contributed by atoms with van der Waals surface area (Å²) in [4.78, 5) is 22.0. The Bertz CT molecular complexity index is 807. The molecule has 0 aliphatic heterocycles. The van der Waals surface area contributed by atoms with Crippen molar-refractivity contribution in [2.75, 3.05) is 7.11 Å². The standard InChI is InChI=1S/C15H11I2N3O4/c1-24-14-10(6-11(16)7-13(14)17)8-18-19-15(21)9-2-4-12(5-3-9)20(22)23/h2-8H,1H3,(H,19,21)/b18-8-. The van der Waals surface area contributed by atoms with Crippen LogP contribution in [0.1, 0.15) is 15.9 Å². The smallest absolute Gasteiger partial charge is 0.271 e. The van der Waals surface area contributed by atoms with Crippen molar-refractivity contribution in [1.82, 2.24) is 5.43 Å².